The van der Waals surface area contributed by atoms with Crippen LogP contribution in [-0.2, 0) is 22.4 Å². The summed E-state index contributed by atoms with van der Waals surface area (Å²) in [4.78, 5) is 40.8. The number of amides is 1. The van der Waals surface area contributed by atoms with Gasteiger partial charge in [0.15, 0.2) is 0 Å². The maximum absolute atomic E-state index is 14.6. The molecule has 0 aromatic carbocycles. The van der Waals surface area contributed by atoms with Crippen LogP contribution in [-0.4, -0.2) is 57.7 Å². The van der Waals surface area contributed by atoms with E-state index in [0.717, 1.165) is 24.5 Å². The molecule has 0 atom stereocenters. The molecule has 1 aliphatic heterocycles. The molecular formula is C25H26FN5O2. The third kappa shape index (κ3) is 5.58. The molecule has 3 aromatic heterocycles. The molecule has 1 amide bonds. The highest BCUT2D eigenvalue weighted by Crippen LogP contribution is 2.22. The van der Waals surface area contributed by atoms with Gasteiger partial charge in [-0.05, 0) is 42.8 Å². The number of ketones is 1. The molecule has 170 valence electrons. The zero-order valence-electron chi connectivity index (χ0n) is 18.8. The van der Waals surface area contributed by atoms with Crippen molar-refractivity contribution < 1.29 is 14.0 Å². The number of rotatable bonds is 6. The van der Waals surface area contributed by atoms with Crippen LogP contribution in [0.25, 0.3) is 11.3 Å². The van der Waals surface area contributed by atoms with E-state index in [1.54, 1.807) is 37.6 Å². The van der Waals surface area contributed by atoms with Gasteiger partial charge in [0.2, 0.25) is 5.91 Å². The van der Waals surface area contributed by atoms with Gasteiger partial charge in [-0.15, -0.1) is 0 Å². The van der Waals surface area contributed by atoms with Crippen molar-refractivity contribution in [1.82, 2.24) is 19.9 Å². The molecule has 0 aliphatic carbocycles. The topological polar surface area (TPSA) is 79.3 Å². The van der Waals surface area contributed by atoms with Crippen LogP contribution in [0.1, 0.15) is 23.9 Å². The molecule has 33 heavy (non-hydrogen) atoms. The largest absolute Gasteiger partial charge is 0.367 e. The summed E-state index contributed by atoms with van der Waals surface area (Å²) < 4.78 is 14.6. The van der Waals surface area contributed by atoms with Gasteiger partial charge < -0.3 is 9.80 Å². The average molecular weight is 448 g/mol. The monoisotopic (exact) mass is 447 g/mol. The predicted octanol–water partition coefficient (Wildman–Crippen LogP) is 3.01. The number of piperazine rings is 1. The number of Topliss-reactive ketones (excluding diaryl/α,β-unsaturated/α-hetero) is 1. The van der Waals surface area contributed by atoms with Gasteiger partial charge in [-0.1, -0.05) is 0 Å². The van der Waals surface area contributed by atoms with E-state index < -0.39 is 5.82 Å². The Morgan fingerprint density at radius 3 is 2.39 bits per heavy atom. The number of carbonyl (C=O) groups excluding carboxylic acids is 2. The molecule has 0 N–H and O–H groups in total. The van der Waals surface area contributed by atoms with Crippen molar-refractivity contribution in [1.29, 1.82) is 0 Å². The first-order chi connectivity index (χ1) is 15.9. The number of aryl methyl sites for hydroxylation is 1. The van der Waals surface area contributed by atoms with Crippen molar-refractivity contribution >= 4 is 17.4 Å². The van der Waals surface area contributed by atoms with Gasteiger partial charge in [-0.3, -0.25) is 24.5 Å². The fourth-order valence-electron chi connectivity index (χ4n) is 3.96. The average Bonchev–Trinajstić information content (AvgIpc) is 2.79. The Kier molecular flexibility index (Phi) is 6.72. The molecular weight excluding hydrogens is 421 g/mol. The molecule has 0 spiro atoms. The number of hydrogen-bond donors (Lipinski definition) is 0. The lowest BCUT2D eigenvalue weighted by Crippen LogP contribution is -2.48. The van der Waals surface area contributed by atoms with E-state index in [2.05, 4.69) is 19.9 Å². The van der Waals surface area contributed by atoms with Crippen LogP contribution in [0.15, 0.2) is 48.9 Å². The summed E-state index contributed by atoms with van der Waals surface area (Å²) in [5.41, 5.74) is 3.87. The molecule has 7 nitrogen and oxygen atoms in total. The Balaban J connectivity index is 1.34. The van der Waals surface area contributed by atoms with Crippen LogP contribution < -0.4 is 4.90 Å². The van der Waals surface area contributed by atoms with E-state index in [9.17, 15) is 14.0 Å². The molecule has 8 heteroatoms. The first kappa shape index (κ1) is 22.5. The lowest BCUT2D eigenvalue weighted by Gasteiger charge is -2.35. The summed E-state index contributed by atoms with van der Waals surface area (Å²) >= 11 is 0. The van der Waals surface area contributed by atoms with Gasteiger partial charge in [0.05, 0.1) is 11.9 Å². The minimum Gasteiger partial charge on any atom is -0.367 e. The number of aromatic nitrogens is 3. The quantitative estimate of drug-likeness (QED) is 0.578. The summed E-state index contributed by atoms with van der Waals surface area (Å²) in [5.74, 6) is -0.420. The molecule has 0 radical (unpaired) electrons. The second-order valence-electron chi connectivity index (χ2n) is 8.25. The molecule has 4 rings (SSSR count). The lowest BCUT2D eigenvalue weighted by atomic mass is 10.0. The molecule has 1 saturated heterocycles. The smallest absolute Gasteiger partial charge is 0.219 e. The van der Waals surface area contributed by atoms with Crippen molar-refractivity contribution in [2.75, 3.05) is 31.1 Å². The lowest BCUT2D eigenvalue weighted by molar-refractivity contribution is -0.129. The van der Waals surface area contributed by atoms with Crippen LogP contribution >= 0.6 is 0 Å². The second-order valence-corrected chi connectivity index (χ2v) is 8.25. The predicted molar refractivity (Wildman–Crippen MR) is 123 cm³/mol. The Morgan fingerprint density at radius 2 is 1.76 bits per heavy atom. The van der Waals surface area contributed by atoms with Crippen LogP contribution in [0.3, 0.4) is 0 Å². The first-order valence-electron chi connectivity index (χ1n) is 10.9. The number of pyridine rings is 3. The van der Waals surface area contributed by atoms with E-state index in [0.29, 0.717) is 29.9 Å². The number of hydrogen-bond acceptors (Lipinski definition) is 6. The third-order valence-corrected chi connectivity index (χ3v) is 5.75. The van der Waals surface area contributed by atoms with Crippen LogP contribution in [0.5, 0.6) is 0 Å². The zero-order valence-corrected chi connectivity index (χ0v) is 18.8. The zero-order chi connectivity index (χ0) is 23.4. The van der Waals surface area contributed by atoms with Gasteiger partial charge >= 0.3 is 0 Å². The van der Waals surface area contributed by atoms with Crippen LogP contribution in [0.2, 0.25) is 0 Å². The SMILES string of the molecule is CC(=O)N1CCN(c2ccc(CC(=O)Cc3cnc(-c4ccnc(C)c4)c(F)c3)nc2)CC1. The highest BCUT2D eigenvalue weighted by atomic mass is 19.1. The van der Waals surface area contributed by atoms with Gasteiger partial charge in [0.1, 0.15) is 17.3 Å². The highest BCUT2D eigenvalue weighted by Gasteiger charge is 2.19. The van der Waals surface area contributed by atoms with Crippen molar-refractivity contribution in [3.63, 3.8) is 0 Å². The van der Waals surface area contributed by atoms with E-state index in [1.165, 1.54) is 6.07 Å². The fourth-order valence-corrected chi connectivity index (χ4v) is 3.96. The summed E-state index contributed by atoms with van der Waals surface area (Å²) in [7, 11) is 0. The normalized spacial score (nSPS) is 13.8. The van der Waals surface area contributed by atoms with Gasteiger partial charge in [0.25, 0.3) is 0 Å². The highest BCUT2D eigenvalue weighted by molar-refractivity contribution is 5.82. The summed E-state index contributed by atoms with van der Waals surface area (Å²) in [6.45, 7) is 6.33. The Bertz CT molecular complexity index is 1160. The molecule has 1 aliphatic rings. The number of halogens is 1. The first-order valence-corrected chi connectivity index (χ1v) is 10.9. The molecule has 0 bridgehead atoms. The standard InChI is InChI=1S/C25H26FN5O2/c1-17-11-20(5-6-27-17)25-24(26)13-19(15-29-25)12-23(33)14-21-3-4-22(16-28-21)31-9-7-30(8-10-31)18(2)32/h3-6,11,13,15-16H,7-10,12,14H2,1-2H3. The molecule has 3 aromatic rings. The number of carbonyl (C=O) groups is 2. The number of anilines is 1. The van der Waals surface area contributed by atoms with Gasteiger partial charge in [-0.25, -0.2) is 4.39 Å². The maximum atomic E-state index is 14.6. The molecule has 4 heterocycles. The van der Waals surface area contributed by atoms with Gasteiger partial charge in [0, 0.05) is 75.3 Å². The van der Waals surface area contributed by atoms with E-state index in [-0.39, 0.29) is 30.2 Å². The molecule has 0 saturated carbocycles. The van der Waals surface area contributed by atoms with Crippen molar-refractivity contribution in [3.8, 4) is 11.3 Å². The minimum absolute atomic E-state index is 0.0565. The van der Waals surface area contributed by atoms with E-state index in [1.807, 2.05) is 24.0 Å². The molecule has 1 fully saturated rings. The second kappa shape index (κ2) is 9.85. The van der Waals surface area contributed by atoms with Crippen molar-refractivity contribution in [3.05, 3.63) is 71.7 Å². The Hall–Kier alpha value is -3.68. The summed E-state index contributed by atoms with van der Waals surface area (Å²) in [6.07, 6.45) is 5.19. The van der Waals surface area contributed by atoms with Crippen LogP contribution in [0.4, 0.5) is 10.1 Å². The number of nitrogens with zero attached hydrogens (tertiary/aromatic N) is 5. The van der Waals surface area contributed by atoms with Crippen LogP contribution in [0, 0.1) is 12.7 Å². The van der Waals surface area contributed by atoms with Crippen molar-refractivity contribution in [2.24, 2.45) is 0 Å². The maximum Gasteiger partial charge on any atom is 0.219 e. The summed E-state index contributed by atoms with van der Waals surface area (Å²) in [6, 6.07) is 8.65. The van der Waals surface area contributed by atoms with Crippen molar-refractivity contribution in [2.45, 2.75) is 26.7 Å². The summed E-state index contributed by atoms with van der Waals surface area (Å²) in [5, 5.41) is 0. The van der Waals surface area contributed by atoms with E-state index in [4.69, 9.17) is 0 Å². The Labute approximate surface area is 192 Å². The molecule has 0 unspecified atom stereocenters. The third-order valence-electron chi connectivity index (χ3n) is 5.75. The fraction of sp³-hybridized carbons (Fsp3) is 0.320. The Morgan fingerprint density at radius 1 is 0.970 bits per heavy atom. The van der Waals surface area contributed by atoms with Gasteiger partial charge in [-0.2, -0.15) is 0 Å². The minimum atomic E-state index is -0.460. The van der Waals surface area contributed by atoms with E-state index >= 15 is 0 Å².